The Bertz CT molecular complexity index is 555. The molecule has 18 heavy (non-hydrogen) atoms. The predicted octanol–water partition coefficient (Wildman–Crippen LogP) is 3.65. The molecule has 0 aliphatic heterocycles. The van der Waals surface area contributed by atoms with E-state index in [1.165, 1.54) is 12.1 Å². The lowest BCUT2D eigenvalue weighted by molar-refractivity contribution is 0.377. The van der Waals surface area contributed by atoms with Crippen molar-refractivity contribution < 1.29 is 8.91 Å². The zero-order valence-electron chi connectivity index (χ0n) is 10.8. The Morgan fingerprint density at radius 1 is 1.33 bits per heavy atom. The lowest BCUT2D eigenvalue weighted by Crippen LogP contribution is -2.10. The van der Waals surface area contributed by atoms with Gasteiger partial charge in [0.1, 0.15) is 5.82 Å². The molecule has 0 bridgehead atoms. The zero-order valence-corrected chi connectivity index (χ0v) is 10.8. The van der Waals surface area contributed by atoms with Crippen molar-refractivity contribution >= 4 is 5.88 Å². The fourth-order valence-electron chi connectivity index (χ4n) is 1.91. The molecule has 1 aromatic carbocycles. The molecule has 0 spiro atoms. The normalized spacial score (nSPS) is 11.8. The van der Waals surface area contributed by atoms with Crippen molar-refractivity contribution in [2.75, 3.05) is 5.73 Å². The van der Waals surface area contributed by atoms with Crippen molar-refractivity contribution in [2.45, 2.75) is 27.2 Å². The Morgan fingerprint density at radius 3 is 2.67 bits per heavy atom. The second-order valence-corrected chi connectivity index (χ2v) is 5.62. The van der Waals surface area contributed by atoms with Gasteiger partial charge in [-0.05, 0) is 29.5 Å². The van der Waals surface area contributed by atoms with E-state index in [-0.39, 0.29) is 17.1 Å². The topological polar surface area (TPSA) is 52.0 Å². The lowest BCUT2D eigenvalue weighted by Gasteiger charge is -2.16. The number of rotatable bonds is 2. The highest BCUT2D eigenvalue weighted by Crippen LogP contribution is 2.33. The quantitative estimate of drug-likeness (QED) is 0.882. The van der Waals surface area contributed by atoms with Crippen LogP contribution in [0.4, 0.5) is 10.3 Å². The Kier molecular flexibility index (Phi) is 3.11. The molecule has 0 aliphatic carbocycles. The summed E-state index contributed by atoms with van der Waals surface area (Å²) < 4.78 is 18.3. The van der Waals surface area contributed by atoms with Gasteiger partial charge in [-0.2, -0.15) is 0 Å². The Balaban J connectivity index is 2.47. The van der Waals surface area contributed by atoms with Crippen molar-refractivity contribution in [2.24, 2.45) is 5.41 Å². The van der Waals surface area contributed by atoms with E-state index in [2.05, 4.69) is 25.9 Å². The van der Waals surface area contributed by atoms with Crippen molar-refractivity contribution in [3.05, 3.63) is 35.8 Å². The minimum atomic E-state index is -0.296. The van der Waals surface area contributed by atoms with E-state index in [0.29, 0.717) is 11.1 Å². The summed E-state index contributed by atoms with van der Waals surface area (Å²) in [6.45, 7) is 6.31. The molecule has 2 rings (SSSR count). The number of nitrogen functional groups attached to an aromatic ring is 1. The number of benzene rings is 1. The second kappa shape index (κ2) is 4.44. The first kappa shape index (κ1) is 12.6. The first-order valence-electron chi connectivity index (χ1n) is 5.87. The smallest absolute Gasteiger partial charge is 0.230 e. The van der Waals surface area contributed by atoms with Crippen LogP contribution in [0.2, 0.25) is 0 Å². The summed E-state index contributed by atoms with van der Waals surface area (Å²) in [6.07, 6.45) is 0.722. The average molecular weight is 248 g/mol. The van der Waals surface area contributed by atoms with E-state index in [9.17, 15) is 4.39 Å². The summed E-state index contributed by atoms with van der Waals surface area (Å²) >= 11 is 0. The number of halogens is 1. The van der Waals surface area contributed by atoms with Gasteiger partial charge >= 0.3 is 0 Å². The minimum absolute atomic E-state index is 0.0609. The van der Waals surface area contributed by atoms with E-state index in [1.807, 2.05) is 0 Å². The van der Waals surface area contributed by atoms with Gasteiger partial charge in [-0.1, -0.05) is 38.1 Å². The van der Waals surface area contributed by atoms with Gasteiger partial charge in [-0.25, -0.2) is 4.39 Å². The Morgan fingerprint density at radius 2 is 2.06 bits per heavy atom. The monoisotopic (exact) mass is 248 g/mol. The molecule has 0 aliphatic rings. The van der Waals surface area contributed by atoms with Crippen LogP contribution in [-0.4, -0.2) is 5.16 Å². The zero-order chi connectivity index (χ0) is 13.3. The lowest BCUT2D eigenvalue weighted by atomic mass is 9.88. The van der Waals surface area contributed by atoms with Gasteiger partial charge in [0.15, 0.2) is 0 Å². The highest BCUT2D eigenvalue weighted by atomic mass is 19.1. The second-order valence-electron chi connectivity index (χ2n) is 5.62. The standard InChI is InChI=1S/C14H17FN2O/c1-14(2,3)8-11-12(13(16)18-17-11)9-5-4-6-10(15)7-9/h4-7H,8,16H2,1-3H3. The maximum absolute atomic E-state index is 13.3. The number of nitrogens with two attached hydrogens (primary N) is 1. The van der Waals surface area contributed by atoms with Crippen LogP contribution >= 0.6 is 0 Å². The fourth-order valence-corrected chi connectivity index (χ4v) is 1.91. The molecule has 4 heteroatoms. The first-order chi connectivity index (χ1) is 8.37. The maximum Gasteiger partial charge on any atom is 0.230 e. The average Bonchev–Trinajstić information content (AvgIpc) is 2.57. The van der Waals surface area contributed by atoms with Gasteiger partial charge in [0.25, 0.3) is 0 Å². The first-order valence-corrected chi connectivity index (χ1v) is 5.87. The number of hydrogen-bond acceptors (Lipinski definition) is 3. The van der Waals surface area contributed by atoms with Crippen LogP contribution in [0.3, 0.4) is 0 Å². The summed E-state index contributed by atoms with van der Waals surface area (Å²) in [4.78, 5) is 0. The van der Waals surface area contributed by atoms with Crippen LogP contribution < -0.4 is 5.73 Å². The molecule has 0 atom stereocenters. The van der Waals surface area contributed by atoms with E-state index in [4.69, 9.17) is 10.3 Å². The molecule has 0 fully saturated rings. The third-order valence-corrected chi connectivity index (χ3v) is 2.60. The van der Waals surface area contributed by atoms with Gasteiger partial charge in [-0.3, -0.25) is 0 Å². The van der Waals surface area contributed by atoms with Gasteiger partial charge in [0.2, 0.25) is 5.88 Å². The van der Waals surface area contributed by atoms with Crippen molar-refractivity contribution in [1.82, 2.24) is 5.16 Å². The third kappa shape index (κ3) is 2.70. The van der Waals surface area contributed by atoms with Crippen LogP contribution in [-0.2, 0) is 6.42 Å². The Labute approximate surface area is 106 Å². The van der Waals surface area contributed by atoms with E-state index in [0.717, 1.165) is 12.1 Å². The van der Waals surface area contributed by atoms with Crippen LogP contribution in [0.5, 0.6) is 0 Å². The molecule has 0 amide bonds. The SMILES string of the molecule is CC(C)(C)Cc1noc(N)c1-c1cccc(F)c1. The van der Waals surface area contributed by atoms with Crippen molar-refractivity contribution in [1.29, 1.82) is 0 Å². The van der Waals surface area contributed by atoms with Gasteiger partial charge in [0, 0.05) is 0 Å². The summed E-state index contributed by atoms with van der Waals surface area (Å²) in [6, 6.07) is 6.29. The molecule has 0 saturated carbocycles. The molecule has 1 heterocycles. The minimum Gasteiger partial charge on any atom is -0.367 e. The molecule has 96 valence electrons. The van der Waals surface area contributed by atoms with Crippen LogP contribution in [0.15, 0.2) is 28.8 Å². The molecular weight excluding hydrogens is 231 g/mol. The third-order valence-electron chi connectivity index (χ3n) is 2.60. The maximum atomic E-state index is 13.3. The van der Waals surface area contributed by atoms with Crippen molar-refractivity contribution in [3.63, 3.8) is 0 Å². The molecule has 2 N–H and O–H groups in total. The largest absolute Gasteiger partial charge is 0.367 e. The van der Waals surface area contributed by atoms with Crippen molar-refractivity contribution in [3.8, 4) is 11.1 Å². The van der Waals surface area contributed by atoms with E-state index < -0.39 is 0 Å². The molecule has 2 aromatic rings. The number of nitrogens with zero attached hydrogens (tertiary/aromatic N) is 1. The number of aromatic nitrogens is 1. The van der Waals surface area contributed by atoms with Crippen LogP contribution in [0.1, 0.15) is 26.5 Å². The molecule has 3 nitrogen and oxygen atoms in total. The number of hydrogen-bond donors (Lipinski definition) is 1. The highest BCUT2D eigenvalue weighted by Gasteiger charge is 2.21. The molecular formula is C14H17FN2O. The molecule has 1 aromatic heterocycles. The molecule has 0 radical (unpaired) electrons. The highest BCUT2D eigenvalue weighted by molar-refractivity contribution is 5.75. The predicted molar refractivity (Wildman–Crippen MR) is 69.5 cm³/mol. The van der Waals surface area contributed by atoms with Gasteiger partial charge < -0.3 is 10.3 Å². The summed E-state index contributed by atoms with van der Waals surface area (Å²) in [5.74, 6) is -0.0605. The Hall–Kier alpha value is -1.84. The van der Waals surface area contributed by atoms with E-state index >= 15 is 0 Å². The van der Waals surface area contributed by atoms with Gasteiger partial charge in [-0.15, -0.1) is 0 Å². The summed E-state index contributed by atoms with van der Waals surface area (Å²) in [7, 11) is 0. The summed E-state index contributed by atoms with van der Waals surface area (Å²) in [5, 5.41) is 3.98. The van der Waals surface area contributed by atoms with Gasteiger partial charge in [0.05, 0.1) is 11.3 Å². The molecule has 0 unspecified atom stereocenters. The van der Waals surface area contributed by atoms with Crippen LogP contribution in [0, 0.1) is 11.2 Å². The van der Waals surface area contributed by atoms with E-state index in [1.54, 1.807) is 12.1 Å². The van der Waals surface area contributed by atoms with Crippen LogP contribution in [0.25, 0.3) is 11.1 Å². The molecule has 0 saturated heterocycles. The fraction of sp³-hybridized carbons (Fsp3) is 0.357. The number of anilines is 1. The summed E-state index contributed by atoms with van der Waals surface area (Å²) in [5.41, 5.74) is 8.02.